The predicted octanol–water partition coefficient (Wildman–Crippen LogP) is 4.53. The van der Waals surface area contributed by atoms with Crippen LogP contribution in [0.5, 0.6) is 5.75 Å². The van der Waals surface area contributed by atoms with E-state index in [2.05, 4.69) is 10.2 Å². The van der Waals surface area contributed by atoms with E-state index in [9.17, 15) is 9.59 Å². The highest BCUT2D eigenvalue weighted by molar-refractivity contribution is 6.23. The van der Waals surface area contributed by atoms with Gasteiger partial charge in [-0.15, -0.1) is 0 Å². The topological polar surface area (TPSA) is 86.8 Å². The van der Waals surface area contributed by atoms with E-state index >= 15 is 0 Å². The summed E-state index contributed by atoms with van der Waals surface area (Å²) in [6.45, 7) is 8.90. The SMILES string of the molecule is [C-]#[N+]c1ccc(N2C(=O)NC(COc3ccc(C#N)cc3)(Cc3ccccc3)C2=O)cc1C. The van der Waals surface area contributed by atoms with Crippen LogP contribution in [0, 0.1) is 24.8 Å². The Hall–Kier alpha value is -4.62. The number of hydrogen-bond donors (Lipinski definition) is 1. The average molecular weight is 436 g/mol. The number of ether oxygens (including phenoxy) is 1. The number of nitriles is 1. The van der Waals surface area contributed by atoms with Gasteiger partial charge in [0, 0.05) is 6.42 Å². The maximum absolute atomic E-state index is 13.7. The Morgan fingerprint density at radius 3 is 2.45 bits per heavy atom. The van der Waals surface area contributed by atoms with E-state index in [0.717, 1.165) is 10.5 Å². The second-order valence-corrected chi connectivity index (χ2v) is 7.82. The van der Waals surface area contributed by atoms with Gasteiger partial charge in [0.15, 0.2) is 11.2 Å². The molecule has 1 aliphatic rings. The highest BCUT2D eigenvalue weighted by atomic mass is 16.5. The van der Waals surface area contributed by atoms with Gasteiger partial charge < -0.3 is 10.1 Å². The number of nitrogens with one attached hydrogen (secondary N) is 1. The van der Waals surface area contributed by atoms with Crippen LogP contribution in [0.3, 0.4) is 0 Å². The molecule has 3 aromatic carbocycles. The number of carbonyl (C=O) groups excluding carboxylic acids is 2. The van der Waals surface area contributed by atoms with Gasteiger partial charge in [-0.05, 0) is 54.4 Å². The van der Waals surface area contributed by atoms with Crippen LogP contribution < -0.4 is 15.0 Å². The lowest BCUT2D eigenvalue weighted by Crippen LogP contribution is -2.53. The Balaban J connectivity index is 1.67. The minimum atomic E-state index is -1.32. The molecule has 1 unspecified atom stereocenters. The molecule has 0 bridgehead atoms. The van der Waals surface area contributed by atoms with Crippen LogP contribution in [-0.2, 0) is 11.2 Å². The molecule has 1 saturated heterocycles. The Kier molecular flexibility index (Phi) is 5.80. The van der Waals surface area contributed by atoms with Crippen molar-refractivity contribution in [1.29, 1.82) is 5.26 Å². The standard InChI is InChI=1S/C26H20N4O3/c1-18-14-21(10-13-23(18)28-2)30-24(31)26(29-25(30)32,15-19-6-4-3-5-7-19)17-33-22-11-8-20(16-27)9-12-22/h3-14H,15,17H2,1H3,(H,29,32). The van der Waals surface area contributed by atoms with Gasteiger partial charge in [0.1, 0.15) is 12.4 Å². The maximum atomic E-state index is 13.7. The zero-order valence-corrected chi connectivity index (χ0v) is 17.9. The van der Waals surface area contributed by atoms with E-state index in [1.165, 1.54) is 0 Å². The lowest BCUT2D eigenvalue weighted by atomic mass is 9.91. The molecule has 0 aliphatic carbocycles. The highest BCUT2D eigenvalue weighted by Crippen LogP contribution is 2.31. The number of urea groups is 1. The molecule has 0 aromatic heterocycles. The zero-order valence-electron chi connectivity index (χ0n) is 17.9. The summed E-state index contributed by atoms with van der Waals surface area (Å²) < 4.78 is 5.92. The second-order valence-electron chi connectivity index (χ2n) is 7.82. The van der Waals surface area contributed by atoms with E-state index < -0.39 is 17.5 Å². The highest BCUT2D eigenvalue weighted by Gasteiger charge is 2.52. The molecule has 7 nitrogen and oxygen atoms in total. The summed E-state index contributed by atoms with van der Waals surface area (Å²) >= 11 is 0. The van der Waals surface area contributed by atoms with Crippen LogP contribution in [0.1, 0.15) is 16.7 Å². The molecule has 1 N–H and O–H groups in total. The molecule has 7 heteroatoms. The summed E-state index contributed by atoms with van der Waals surface area (Å²) in [7, 11) is 0. The fourth-order valence-electron chi connectivity index (χ4n) is 3.80. The van der Waals surface area contributed by atoms with Crippen LogP contribution in [0.25, 0.3) is 4.85 Å². The van der Waals surface area contributed by atoms with E-state index in [1.54, 1.807) is 49.4 Å². The third kappa shape index (κ3) is 4.26. The Labute approximate surface area is 191 Å². The smallest absolute Gasteiger partial charge is 0.329 e. The number of rotatable bonds is 6. The maximum Gasteiger partial charge on any atom is 0.329 e. The van der Waals surface area contributed by atoms with Gasteiger partial charge in [-0.2, -0.15) is 5.26 Å². The van der Waals surface area contributed by atoms with E-state index in [1.807, 2.05) is 36.4 Å². The minimum Gasteiger partial charge on any atom is -0.491 e. The van der Waals surface area contributed by atoms with Crippen LogP contribution >= 0.6 is 0 Å². The van der Waals surface area contributed by atoms with Gasteiger partial charge >= 0.3 is 6.03 Å². The first-order valence-corrected chi connectivity index (χ1v) is 10.3. The fraction of sp³-hybridized carbons (Fsp3) is 0.154. The summed E-state index contributed by atoms with van der Waals surface area (Å²) in [5.41, 5.74) is 1.59. The third-order valence-corrected chi connectivity index (χ3v) is 5.54. The molecular formula is C26H20N4O3. The molecule has 0 saturated carbocycles. The lowest BCUT2D eigenvalue weighted by Gasteiger charge is -2.27. The fourth-order valence-corrected chi connectivity index (χ4v) is 3.80. The minimum absolute atomic E-state index is 0.0893. The molecule has 0 spiro atoms. The first kappa shape index (κ1) is 21.6. The number of nitrogens with zero attached hydrogens (tertiary/aromatic N) is 3. The second kappa shape index (κ2) is 8.86. The van der Waals surface area contributed by atoms with Gasteiger partial charge in [-0.25, -0.2) is 14.5 Å². The van der Waals surface area contributed by atoms with Gasteiger partial charge in [0.05, 0.1) is 23.9 Å². The van der Waals surface area contributed by atoms with Crippen LogP contribution in [-0.4, -0.2) is 24.1 Å². The number of imide groups is 1. The third-order valence-electron chi connectivity index (χ3n) is 5.54. The summed E-state index contributed by atoms with van der Waals surface area (Å²) in [5.74, 6) is 0.0548. The first-order chi connectivity index (χ1) is 16.0. The van der Waals surface area contributed by atoms with Gasteiger partial charge in [0.25, 0.3) is 5.91 Å². The number of amides is 3. The predicted molar refractivity (Wildman–Crippen MR) is 123 cm³/mol. The van der Waals surface area contributed by atoms with Crippen molar-refractivity contribution in [3.63, 3.8) is 0 Å². The molecular weight excluding hydrogens is 416 g/mol. The number of anilines is 1. The molecule has 33 heavy (non-hydrogen) atoms. The van der Waals surface area contributed by atoms with E-state index in [-0.39, 0.29) is 13.0 Å². The van der Waals surface area contributed by atoms with Crippen molar-refractivity contribution in [2.45, 2.75) is 18.9 Å². The Morgan fingerprint density at radius 1 is 1.09 bits per heavy atom. The van der Waals surface area contributed by atoms with Crippen molar-refractivity contribution >= 4 is 23.3 Å². The van der Waals surface area contributed by atoms with E-state index in [0.29, 0.717) is 28.3 Å². The van der Waals surface area contributed by atoms with Gasteiger partial charge in [0.2, 0.25) is 0 Å². The van der Waals surface area contributed by atoms with Crippen molar-refractivity contribution in [2.75, 3.05) is 11.5 Å². The number of carbonyl (C=O) groups is 2. The van der Waals surface area contributed by atoms with Crippen LogP contribution in [0.4, 0.5) is 16.2 Å². The number of benzene rings is 3. The molecule has 4 rings (SSSR count). The van der Waals surface area contributed by atoms with Crippen molar-refractivity contribution in [3.8, 4) is 11.8 Å². The van der Waals surface area contributed by atoms with E-state index in [4.69, 9.17) is 16.6 Å². The Bertz CT molecular complexity index is 1290. The summed E-state index contributed by atoms with van der Waals surface area (Å²) in [5, 5.41) is 11.8. The van der Waals surface area contributed by atoms with Crippen LogP contribution in [0.2, 0.25) is 0 Å². The zero-order chi connectivity index (χ0) is 23.4. The molecule has 0 radical (unpaired) electrons. The van der Waals surface area contributed by atoms with Crippen molar-refractivity contribution in [2.24, 2.45) is 0 Å². The summed E-state index contributed by atoms with van der Waals surface area (Å²) in [6.07, 6.45) is 0.240. The molecule has 3 amide bonds. The number of hydrogen-bond acceptors (Lipinski definition) is 4. The summed E-state index contributed by atoms with van der Waals surface area (Å²) in [4.78, 5) is 31.2. The molecule has 1 aliphatic heterocycles. The molecule has 1 atom stereocenters. The summed E-state index contributed by atoms with van der Waals surface area (Å²) in [6, 6.07) is 22.3. The lowest BCUT2D eigenvalue weighted by molar-refractivity contribution is -0.123. The molecule has 162 valence electrons. The monoisotopic (exact) mass is 436 g/mol. The van der Waals surface area contributed by atoms with Crippen molar-refractivity contribution in [1.82, 2.24) is 5.32 Å². The van der Waals surface area contributed by atoms with Gasteiger partial charge in [-0.1, -0.05) is 36.4 Å². The molecule has 1 heterocycles. The number of aryl methyl sites for hydroxylation is 1. The van der Waals surface area contributed by atoms with Crippen molar-refractivity contribution in [3.05, 3.63) is 101 Å². The van der Waals surface area contributed by atoms with Crippen molar-refractivity contribution < 1.29 is 14.3 Å². The molecule has 3 aromatic rings. The quantitative estimate of drug-likeness (QED) is 0.454. The first-order valence-electron chi connectivity index (χ1n) is 10.3. The molecule has 1 fully saturated rings. The Morgan fingerprint density at radius 2 is 1.82 bits per heavy atom. The average Bonchev–Trinajstić information content (AvgIpc) is 3.07. The van der Waals surface area contributed by atoms with Gasteiger partial charge in [-0.3, -0.25) is 4.79 Å². The van der Waals surface area contributed by atoms with Crippen LogP contribution in [0.15, 0.2) is 72.8 Å². The normalized spacial score (nSPS) is 17.2. The largest absolute Gasteiger partial charge is 0.491 e.